The van der Waals surface area contributed by atoms with Crippen LogP contribution in [0.4, 0.5) is 5.69 Å². The standard InChI is InChI=1S/C19H18N4O5S2/c1-29-19-21-11-16(23(19)14-7-3-2-4-8-14)18(25)28-12-17(24)22-13-6-5-9-15(10-13)30(20,26)27/h2-11H,12H2,1H3,(H,22,24)(H2,20,26,27). The van der Waals surface area contributed by atoms with Crippen molar-refractivity contribution < 1.29 is 22.7 Å². The highest BCUT2D eigenvalue weighted by atomic mass is 32.2. The molecule has 9 nitrogen and oxygen atoms in total. The van der Waals surface area contributed by atoms with Crippen molar-refractivity contribution in [2.75, 3.05) is 18.2 Å². The SMILES string of the molecule is CSc1ncc(C(=O)OCC(=O)Nc2cccc(S(N)(=O)=O)c2)n1-c1ccccc1. The van der Waals surface area contributed by atoms with Crippen LogP contribution < -0.4 is 10.5 Å². The molecule has 3 aromatic rings. The van der Waals surface area contributed by atoms with Crippen molar-refractivity contribution in [1.29, 1.82) is 0 Å². The average molecular weight is 447 g/mol. The quantitative estimate of drug-likeness (QED) is 0.419. The van der Waals surface area contributed by atoms with E-state index < -0.39 is 28.5 Å². The second-order valence-corrected chi connectivity index (χ2v) is 8.33. The molecule has 156 valence electrons. The van der Waals surface area contributed by atoms with E-state index in [0.717, 1.165) is 5.69 Å². The van der Waals surface area contributed by atoms with E-state index in [2.05, 4.69) is 10.3 Å². The lowest BCUT2D eigenvalue weighted by molar-refractivity contribution is -0.119. The Kier molecular flexibility index (Phi) is 6.55. The molecule has 1 amide bonds. The van der Waals surface area contributed by atoms with Gasteiger partial charge in [0.05, 0.1) is 11.1 Å². The maximum atomic E-state index is 12.5. The summed E-state index contributed by atoms with van der Waals surface area (Å²) in [5.74, 6) is -1.36. The summed E-state index contributed by atoms with van der Waals surface area (Å²) in [6, 6.07) is 14.6. The molecule has 11 heteroatoms. The third kappa shape index (κ3) is 5.06. The summed E-state index contributed by atoms with van der Waals surface area (Å²) in [7, 11) is -3.90. The predicted molar refractivity (Wildman–Crippen MR) is 112 cm³/mol. The Balaban J connectivity index is 1.70. The summed E-state index contributed by atoms with van der Waals surface area (Å²) in [6.07, 6.45) is 3.22. The molecule has 0 aliphatic rings. The van der Waals surface area contributed by atoms with Crippen LogP contribution in [0.3, 0.4) is 0 Å². The van der Waals surface area contributed by atoms with Gasteiger partial charge in [-0.2, -0.15) is 0 Å². The number of nitrogens with two attached hydrogens (primary N) is 1. The number of nitrogens with zero attached hydrogens (tertiary/aromatic N) is 2. The number of hydrogen-bond donors (Lipinski definition) is 2. The summed E-state index contributed by atoms with van der Waals surface area (Å²) in [6.45, 7) is -0.562. The van der Waals surface area contributed by atoms with Crippen LogP contribution in [-0.4, -0.2) is 42.7 Å². The van der Waals surface area contributed by atoms with Crippen molar-refractivity contribution in [3.63, 3.8) is 0 Å². The van der Waals surface area contributed by atoms with E-state index in [1.807, 2.05) is 36.6 Å². The maximum Gasteiger partial charge on any atom is 0.357 e. The number of nitrogens with one attached hydrogen (secondary N) is 1. The van der Waals surface area contributed by atoms with Gasteiger partial charge >= 0.3 is 5.97 Å². The number of amides is 1. The van der Waals surface area contributed by atoms with Crippen molar-refractivity contribution in [2.45, 2.75) is 10.1 Å². The van der Waals surface area contributed by atoms with Crippen LogP contribution in [0.25, 0.3) is 5.69 Å². The minimum atomic E-state index is -3.90. The van der Waals surface area contributed by atoms with Gasteiger partial charge < -0.3 is 10.1 Å². The second kappa shape index (κ2) is 9.11. The van der Waals surface area contributed by atoms with Crippen LogP contribution in [0.2, 0.25) is 0 Å². The number of aromatic nitrogens is 2. The van der Waals surface area contributed by atoms with Gasteiger partial charge in [0.15, 0.2) is 17.5 Å². The Morgan fingerprint density at radius 3 is 2.57 bits per heavy atom. The number of carbonyl (C=O) groups is 2. The lowest BCUT2D eigenvalue weighted by Crippen LogP contribution is -2.22. The van der Waals surface area contributed by atoms with Crippen molar-refractivity contribution in [3.8, 4) is 5.69 Å². The van der Waals surface area contributed by atoms with Crippen LogP contribution in [0.1, 0.15) is 10.5 Å². The summed E-state index contributed by atoms with van der Waals surface area (Å²) >= 11 is 1.36. The zero-order valence-corrected chi connectivity index (χ0v) is 17.4. The minimum absolute atomic E-state index is 0.145. The van der Waals surface area contributed by atoms with E-state index in [1.54, 1.807) is 4.57 Å². The molecule has 0 radical (unpaired) electrons. The minimum Gasteiger partial charge on any atom is -0.451 e. The maximum absolute atomic E-state index is 12.5. The van der Waals surface area contributed by atoms with Crippen LogP contribution >= 0.6 is 11.8 Å². The van der Waals surface area contributed by atoms with Gasteiger partial charge in [-0.3, -0.25) is 9.36 Å². The molecule has 3 N–H and O–H groups in total. The molecule has 0 aliphatic carbocycles. The summed E-state index contributed by atoms with van der Waals surface area (Å²) in [5, 5.41) is 8.13. The zero-order chi connectivity index (χ0) is 21.7. The Labute approximate surface area is 177 Å². The number of carbonyl (C=O) groups excluding carboxylic acids is 2. The van der Waals surface area contributed by atoms with Gasteiger partial charge in [0, 0.05) is 11.4 Å². The van der Waals surface area contributed by atoms with E-state index in [1.165, 1.54) is 42.2 Å². The van der Waals surface area contributed by atoms with E-state index in [9.17, 15) is 18.0 Å². The first-order valence-corrected chi connectivity index (χ1v) is 11.3. The normalized spacial score (nSPS) is 11.1. The van der Waals surface area contributed by atoms with Crippen molar-refractivity contribution >= 4 is 39.3 Å². The predicted octanol–water partition coefficient (Wildman–Crippen LogP) is 2.04. The van der Waals surface area contributed by atoms with Crippen molar-refractivity contribution in [1.82, 2.24) is 9.55 Å². The smallest absolute Gasteiger partial charge is 0.357 e. The molecule has 2 aromatic carbocycles. The first-order chi connectivity index (χ1) is 14.3. The molecule has 3 rings (SSSR count). The molecule has 0 spiro atoms. The Bertz CT molecular complexity index is 1180. The fourth-order valence-corrected chi connectivity index (χ4v) is 3.71. The number of benzene rings is 2. The average Bonchev–Trinajstić information content (AvgIpc) is 3.16. The largest absolute Gasteiger partial charge is 0.451 e. The topological polar surface area (TPSA) is 133 Å². The molecule has 0 unspecified atom stereocenters. The fraction of sp³-hybridized carbons (Fsp3) is 0.105. The first kappa shape index (κ1) is 21.6. The second-order valence-electron chi connectivity index (χ2n) is 6.00. The molecule has 0 aliphatic heterocycles. The van der Waals surface area contributed by atoms with Gasteiger partial charge in [-0.05, 0) is 36.6 Å². The van der Waals surface area contributed by atoms with E-state index in [4.69, 9.17) is 9.88 Å². The number of para-hydroxylation sites is 1. The third-order valence-corrected chi connectivity index (χ3v) is 5.48. The number of hydrogen-bond acceptors (Lipinski definition) is 7. The van der Waals surface area contributed by atoms with Gasteiger partial charge in [-0.15, -0.1) is 0 Å². The van der Waals surface area contributed by atoms with Gasteiger partial charge in [0.2, 0.25) is 10.0 Å². The van der Waals surface area contributed by atoms with Gasteiger partial charge in [0.25, 0.3) is 5.91 Å². The number of primary sulfonamides is 1. The number of sulfonamides is 1. The van der Waals surface area contributed by atoms with E-state index >= 15 is 0 Å². The molecule has 0 bridgehead atoms. The number of esters is 1. The van der Waals surface area contributed by atoms with Crippen LogP contribution in [0.15, 0.2) is 70.8 Å². The molecular formula is C19H18N4O5S2. The number of imidazole rings is 1. The Hall–Kier alpha value is -3.15. The molecule has 0 atom stereocenters. The fourth-order valence-electron chi connectivity index (χ4n) is 2.60. The molecule has 1 heterocycles. The molecule has 1 aromatic heterocycles. The number of anilines is 1. The molecular weight excluding hydrogens is 428 g/mol. The van der Waals surface area contributed by atoms with Gasteiger partial charge in [-0.25, -0.2) is 23.3 Å². The Morgan fingerprint density at radius 2 is 1.90 bits per heavy atom. The molecule has 30 heavy (non-hydrogen) atoms. The van der Waals surface area contributed by atoms with Crippen LogP contribution in [-0.2, 0) is 19.6 Å². The monoisotopic (exact) mass is 446 g/mol. The zero-order valence-electron chi connectivity index (χ0n) is 15.8. The highest BCUT2D eigenvalue weighted by Gasteiger charge is 2.20. The lowest BCUT2D eigenvalue weighted by atomic mass is 10.3. The van der Waals surface area contributed by atoms with Crippen LogP contribution in [0.5, 0.6) is 0 Å². The lowest BCUT2D eigenvalue weighted by Gasteiger charge is -2.11. The summed E-state index contributed by atoms with van der Waals surface area (Å²) < 4.78 is 29.6. The van der Waals surface area contributed by atoms with Gasteiger partial charge in [-0.1, -0.05) is 36.0 Å². The third-order valence-electron chi connectivity index (χ3n) is 3.92. The molecule has 0 saturated heterocycles. The summed E-state index contributed by atoms with van der Waals surface area (Å²) in [4.78, 5) is 28.7. The number of rotatable bonds is 7. The highest BCUT2D eigenvalue weighted by molar-refractivity contribution is 7.98. The van der Waals surface area contributed by atoms with E-state index in [-0.39, 0.29) is 16.3 Å². The first-order valence-electron chi connectivity index (χ1n) is 8.56. The molecule has 0 saturated carbocycles. The number of ether oxygens (including phenoxy) is 1. The Morgan fingerprint density at radius 1 is 1.17 bits per heavy atom. The summed E-state index contributed by atoms with van der Waals surface area (Å²) in [5.41, 5.74) is 1.12. The van der Waals surface area contributed by atoms with Gasteiger partial charge in [0.1, 0.15) is 0 Å². The van der Waals surface area contributed by atoms with Crippen molar-refractivity contribution in [2.24, 2.45) is 5.14 Å². The van der Waals surface area contributed by atoms with E-state index in [0.29, 0.717) is 5.16 Å². The van der Waals surface area contributed by atoms with Crippen molar-refractivity contribution in [3.05, 3.63) is 66.5 Å². The van der Waals surface area contributed by atoms with Crippen LogP contribution in [0, 0.1) is 0 Å². The molecule has 0 fully saturated rings. The number of thioether (sulfide) groups is 1. The highest BCUT2D eigenvalue weighted by Crippen LogP contribution is 2.22.